The van der Waals surface area contributed by atoms with Crippen LogP contribution in [-0.2, 0) is 6.54 Å². The molecule has 1 atom stereocenters. The number of hydrogen-bond donors (Lipinski definition) is 1. The predicted octanol–water partition coefficient (Wildman–Crippen LogP) is 3.75. The van der Waals surface area contributed by atoms with E-state index in [1.54, 1.807) is 0 Å². The largest absolute Gasteiger partial charge is 0.310 e. The van der Waals surface area contributed by atoms with E-state index in [0.29, 0.717) is 6.04 Å². The Labute approximate surface area is 99.6 Å². The maximum Gasteiger partial charge on any atom is 0.0210 e. The van der Waals surface area contributed by atoms with Crippen molar-refractivity contribution in [1.82, 2.24) is 5.32 Å². The lowest BCUT2D eigenvalue weighted by Crippen LogP contribution is -2.25. The van der Waals surface area contributed by atoms with Crippen molar-refractivity contribution >= 4 is 0 Å². The van der Waals surface area contributed by atoms with Crippen LogP contribution in [-0.4, -0.2) is 6.04 Å². The van der Waals surface area contributed by atoms with Crippen LogP contribution in [0.2, 0.25) is 0 Å². The minimum absolute atomic E-state index is 0.554. The van der Waals surface area contributed by atoms with Gasteiger partial charge in [0.15, 0.2) is 0 Å². The molecule has 0 saturated heterocycles. The average Bonchev–Trinajstić information content (AvgIpc) is 2.25. The Morgan fingerprint density at radius 1 is 1.38 bits per heavy atom. The molecule has 0 bridgehead atoms. The van der Waals surface area contributed by atoms with Crippen LogP contribution in [0.3, 0.4) is 0 Å². The highest BCUT2D eigenvalue weighted by molar-refractivity contribution is 5.30. The SMILES string of the molecule is C=CCCC(C)NCc1ccc(C)cc1C. The first-order valence-corrected chi connectivity index (χ1v) is 6.04. The summed E-state index contributed by atoms with van der Waals surface area (Å²) in [6, 6.07) is 7.19. The van der Waals surface area contributed by atoms with E-state index in [9.17, 15) is 0 Å². The molecule has 1 aromatic rings. The van der Waals surface area contributed by atoms with Crippen LogP contribution >= 0.6 is 0 Å². The summed E-state index contributed by atoms with van der Waals surface area (Å²) >= 11 is 0. The van der Waals surface area contributed by atoms with Crippen molar-refractivity contribution < 1.29 is 0 Å². The standard InChI is InChI=1S/C15H23N/c1-5-6-7-14(4)16-11-15-9-8-12(2)10-13(15)3/h5,8-10,14,16H,1,6-7,11H2,2-4H3. The van der Waals surface area contributed by atoms with E-state index < -0.39 is 0 Å². The summed E-state index contributed by atoms with van der Waals surface area (Å²) in [6.07, 6.45) is 4.23. The third kappa shape index (κ3) is 4.19. The number of hydrogen-bond acceptors (Lipinski definition) is 1. The third-order valence-electron chi connectivity index (χ3n) is 2.94. The lowest BCUT2D eigenvalue weighted by atomic mass is 10.1. The van der Waals surface area contributed by atoms with Crippen molar-refractivity contribution in [3.8, 4) is 0 Å². The van der Waals surface area contributed by atoms with Gasteiger partial charge >= 0.3 is 0 Å². The highest BCUT2D eigenvalue weighted by Crippen LogP contribution is 2.10. The van der Waals surface area contributed by atoms with E-state index in [4.69, 9.17) is 0 Å². The molecule has 1 rings (SSSR count). The van der Waals surface area contributed by atoms with Crippen molar-refractivity contribution in [3.05, 3.63) is 47.5 Å². The third-order valence-corrected chi connectivity index (χ3v) is 2.94. The predicted molar refractivity (Wildman–Crippen MR) is 71.6 cm³/mol. The quantitative estimate of drug-likeness (QED) is 0.716. The second-order valence-electron chi connectivity index (χ2n) is 4.58. The van der Waals surface area contributed by atoms with Gasteiger partial charge in [-0.05, 0) is 44.7 Å². The van der Waals surface area contributed by atoms with Crippen LogP contribution in [0.4, 0.5) is 0 Å². The summed E-state index contributed by atoms with van der Waals surface area (Å²) in [6.45, 7) is 11.3. The molecule has 0 aromatic heterocycles. The topological polar surface area (TPSA) is 12.0 Å². The van der Waals surface area contributed by atoms with E-state index >= 15 is 0 Å². The minimum Gasteiger partial charge on any atom is -0.310 e. The molecule has 1 heteroatoms. The number of nitrogens with one attached hydrogen (secondary N) is 1. The van der Waals surface area contributed by atoms with Crippen LogP contribution in [0.15, 0.2) is 30.9 Å². The number of benzene rings is 1. The summed E-state index contributed by atoms with van der Waals surface area (Å²) < 4.78 is 0. The molecular weight excluding hydrogens is 194 g/mol. The van der Waals surface area contributed by atoms with Crippen LogP contribution < -0.4 is 5.32 Å². The van der Waals surface area contributed by atoms with Gasteiger partial charge in [-0.2, -0.15) is 0 Å². The molecule has 0 amide bonds. The molecule has 1 unspecified atom stereocenters. The van der Waals surface area contributed by atoms with E-state index in [1.807, 2.05) is 6.08 Å². The zero-order valence-electron chi connectivity index (χ0n) is 10.7. The van der Waals surface area contributed by atoms with E-state index in [0.717, 1.165) is 19.4 Å². The first-order valence-electron chi connectivity index (χ1n) is 6.04. The Balaban J connectivity index is 2.44. The summed E-state index contributed by atoms with van der Waals surface area (Å²) in [5.41, 5.74) is 4.11. The fourth-order valence-corrected chi connectivity index (χ4v) is 1.80. The zero-order valence-corrected chi connectivity index (χ0v) is 10.7. The summed E-state index contributed by atoms with van der Waals surface area (Å²) in [5, 5.41) is 3.55. The molecule has 16 heavy (non-hydrogen) atoms. The van der Waals surface area contributed by atoms with Crippen molar-refractivity contribution in [3.63, 3.8) is 0 Å². The molecule has 0 aliphatic carbocycles. The van der Waals surface area contributed by atoms with Crippen molar-refractivity contribution in [1.29, 1.82) is 0 Å². The second kappa shape index (κ2) is 6.49. The maximum atomic E-state index is 3.75. The molecule has 1 N–H and O–H groups in total. The fraction of sp³-hybridized carbons (Fsp3) is 0.467. The van der Waals surface area contributed by atoms with E-state index in [1.165, 1.54) is 16.7 Å². The molecule has 0 spiro atoms. The smallest absolute Gasteiger partial charge is 0.0210 e. The molecule has 0 fully saturated rings. The summed E-state index contributed by atoms with van der Waals surface area (Å²) in [4.78, 5) is 0. The van der Waals surface area contributed by atoms with E-state index in [-0.39, 0.29) is 0 Å². The number of allylic oxidation sites excluding steroid dienone is 1. The molecular formula is C15H23N. The van der Waals surface area contributed by atoms with E-state index in [2.05, 4.69) is 50.9 Å². The molecule has 0 aliphatic rings. The van der Waals surface area contributed by atoms with Crippen LogP contribution in [0, 0.1) is 13.8 Å². The Bertz CT molecular complexity index is 341. The first kappa shape index (κ1) is 13.0. The lowest BCUT2D eigenvalue weighted by molar-refractivity contribution is 0.517. The lowest BCUT2D eigenvalue weighted by Gasteiger charge is -2.14. The van der Waals surface area contributed by atoms with Crippen LogP contribution in [0.5, 0.6) is 0 Å². The van der Waals surface area contributed by atoms with Gasteiger partial charge in [0, 0.05) is 12.6 Å². The summed E-state index contributed by atoms with van der Waals surface area (Å²) in [7, 11) is 0. The molecule has 1 aromatic carbocycles. The van der Waals surface area contributed by atoms with Crippen LogP contribution in [0.1, 0.15) is 36.5 Å². The molecule has 88 valence electrons. The van der Waals surface area contributed by atoms with Crippen molar-refractivity contribution in [2.45, 2.75) is 46.2 Å². The van der Waals surface area contributed by atoms with Gasteiger partial charge in [-0.15, -0.1) is 6.58 Å². The number of rotatable bonds is 6. The number of aryl methyl sites for hydroxylation is 2. The molecule has 1 nitrogen and oxygen atoms in total. The van der Waals surface area contributed by atoms with Gasteiger partial charge < -0.3 is 5.32 Å². The van der Waals surface area contributed by atoms with Crippen molar-refractivity contribution in [2.75, 3.05) is 0 Å². The van der Waals surface area contributed by atoms with Gasteiger partial charge in [0.1, 0.15) is 0 Å². The highest BCUT2D eigenvalue weighted by atomic mass is 14.9. The van der Waals surface area contributed by atoms with Gasteiger partial charge in [-0.1, -0.05) is 29.8 Å². The maximum absolute atomic E-state index is 3.75. The second-order valence-corrected chi connectivity index (χ2v) is 4.58. The Morgan fingerprint density at radius 2 is 2.12 bits per heavy atom. The Morgan fingerprint density at radius 3 is 2.75 bits per heavy atom. The van der Waals surface area contributed by atoms with Crippen LogP contribution in [0.25, 0.3) is 0 Å². The van der Waals surface area contributed by atoms with Gasteiger partial charge in [0.05, 0.1) is 0 Å². The average molecular weight is 217 g/mol. The van der Waals surface area contributed by atoms with Gasteiger partial charge in [-0.25, -0.2) is 0 Å². The molecule has 0 aliphatic heterocycles. The first-order chi connectivity index (χ1) is 7.63. The monoisotopic (exact) mass is 217 g/mol. The van der Waals surface area contributed by atoms with Gasteiger partial charge in [-0.3, -0.25) is 0 Å². The Kier molecular flexibility index (Phi) is 5.27. The molecule has 0 radical (unpaired) electrons. The fourth-order valence-electron chi connectivity index (χ4n) is 1.80. The van der Waals surface area contributed by atoms with Crippen molar-refractivity contribution in [2.24, 2.45) is 0 Å². The molecule has 0 saturated carbocycles. The zero-order chi connectivity index (χ0) is 12.0. The van der Waals surface area contributed by atoms with Gasteiger partial charge in [0.25, 0.3) is 0 Å². The minimum atomic E-state index is 0.554. The summed E-state index contributed by atoms with van der Waals surface area (Å²) in [5.74, 6) is 0. The van der Waals surface area contributed by atoms with Gasteiger partial charge in [0.2, 0.25) is 0 Å². The normalized spacial score (nSPS) is 12.4. The Hall–Kier alpha value is -1.08. The highest BCUT2D eigenvalue weighted by Gasteiger charge is 2.02. The molecule has 0 heterocycles.